The standard InChI is InChI=1S/C27H38N6O4S/c1-14-19(24-32-20-15(2)28-11-8-18(20)38-24)23(31-17-12-16(26(3,4)36)21(34)22(17)35)33-25(30-14)29-13-27(37)9-6-5-7-10-27/h8,11,16-17,21-22,34-37H,5-7,9-10,12-13H2,1-4H3,(H2,29,30,31,33)/t16-,17+,21+,22-/m0/s1. The molecular formula is C27H38N6O4S. The largest absolute Gasteiger partial charge is 0.390 e. The molecule has 0 aliphatic heterocycles. The molecule has 5 rings (SSSR count). The number of aliphatic hydroxyl groups excluding tert-OH is 2. The second-order valence-electron chi connectivity index (χ2n) is 11.5. The third kappa shape index (κ3) is 5.35. The van der Waals surface area contributed by atoms with Crippen molar-refractivity contribution in [3.05, 3.63) is 23.7 Å². The number of anilines is 2. The maximum Gasteiger partial charge on any atom is 0.225 e. The Balaban J connectivity index is 1.51. The molecule has 11 heteroatoms. The molecule has 0 aromatic carbocycles. The summed E-state index contributed by atoms with van der Waals surface area (Å²) in [5.41, 5.74) is 1.11. The van der Waals surface area contributed by atoms with Gasteiger partial charge in [0.15, 0.2) is 0 Å². The molecule has 3 aromatic heterocycles. The van der Waals surface area contributed by atoms with Crippen LogP contribution in [-0.2, 0) is 0 Å². The van der Waals surface area contributed by atoms with E-state index in [2.05, 4.69) is 15.6 Å². The minimum atomic E-state index is -1.15. The molecular weight excluding hydrogens is 504 g/mol. The van der Waals surface area contributed by atoms with Crippen LogP contribution in [0.2, 0.25) is 0 Å². The number of aryl methyl sites for hydroxylation is 2. The zero-order valence-corrected chi connectivity index (χ0v) is 23.2. The van der Waals surface area contributed by atoms with Crippen LogP contribution in [0.25, 0.3) is 20.8 Å². The molecule has 2 fully saturated rings. The van der Waals surface area contributed by atoms with Crippen molar-refractivity contribution in [3.8, 4) is 10.6 Å². The maximum absolute atomic E-state index is 11.0. The van der Waals surface area contributed by atoms with E-state index >= 15 is 0 Å². The minimum Gasteiger partial charge on any atom is -0.390 e. The SMILES string of the molecule is Cc1nc(NCC2(O)CCCCC2)nc(N[C@@H]2C[C@H](C(C)(C)O)[C@@H](O)[C@H]2O)c1-c1nc2c(C)nccc2s1. The Morgan fingerprint density at radius 1 is 1.05 bits per heavy atom. The van der Waals surface area contributed by atoms with Gasteiger partial charge in [-0.15, -0.1) is 11.3 Å². The second-order valence-corrected chi connectivity index (χ2v) is 12.5. The first-order chi connectivity index (χ1) is 17.9. The van der Waals surface area contributed by atoms with Crippen molar-refractivity contribution in [1.82, 2.24) is 19.9 Å². The molecule has 6 N–H and O–H groups in total. The number of fused-ring (bicyclic) bond motifs is 1. The Bertz CT molecular complexity index is 1300. The van der Waals surface area contributed by atoms with Crippen molar-refractivity contribution in [2.45, 2.75) is 95.7 Å². The van der Waals surface area contributed by atoms with Crippen molar-refractivity contribution in [3.63, 3.8) is 0 Å². The minimum absolute atomic E-state index is 0.350. The average molecular weight is 543 g/mol. The highest BCUT2D eigenvalue weighted by Gasteiger charge is 2.48. The molecule has 206 valence electrons. The van der Waals surface area contributed by atoms with Crippen molar-refractivity contribution in [1.29, 1.82) is 0 Å². The van der Waals surface area contributed by atoms with E-state index in [1.165, 1.54) is 11.3 Å². The van der Waals surface area contributed by atoms with Crippen LogP contribution < -0.4 is 10.6 Å². The van der Waals surface area contributed by atoms with Crippen molar-refractivity contribution < 1.29 is 20.4 Å². The normalized spacial score (nSPS) is 25.6. The molecule has 4 atom stereocenters. The molecule has 0 radical (unpaired) electrons. The highest BCUT2D eigenvalue weighted by atomic mass is 32.1. The van der Waals surface area contributed by atoms with Gasteiger partial charge in [0.25, 0.3) is 0 Å². The number of aliphatic hydroxyl groups is 4. The highest BCUT2D eigenvalue weighted by Crippen LogP contribution is 2.40. The van der Waals surface area contributed by atoms with Gasteiger partial charge in [-0.1, -0.05) is 19.3 Å². The van der Waals surface area contributed by atoms with Crippen LogP contribution in [0, 0.1) is 19.8 Å². The number of thiazole rings is 1. The van der Waals surface area contributed by atoms with Gasteiger partial charge in [0, 0.05) is 18.7 Å². The first-order valence-electron chi connectivity index (χ1n) is 13.4. The lowest BCUT2D eigenvalue weighted by Crippen LogP contribution is -2.40. The fourth-order valence-electron chi connectivity index (χ4n) is 5.79. The van der Waals surface area contributed by atoms with Crippen LogP contribution in [0.3, 0.4) is 0 Å². The van der Waals surface area contributed by atoms with Crippen LogP contribution >= 0.6 is 11.3 Å². The number of aromatic nitrogens is 4. The van der Waals surface area contributed by atoms with E-state index in [4.69, 9.17) is 15.0 Å². The third-order valence-corrected chi connectivity index (χ3v) is 9.10. The van der Waals surface area contributed by atoms with Crippen molar-refractivity contribution in [2.24, 2.45) is 5.92 Å². The van der Waals surface area contributed by atoms with Gasteiger partial charge in [0.2, 0.25) is 5.95 Å². The van der Waals surface area contributed by atoms with Gasteiger partial charge in [-0.3, -0.25) is 4.98 Å². The molecule has 10 nitrogen and oxygen atoms in total. The quantitative estimate of drug-likeness (QED) is 0.262. The highest BCUT2D eigenvalue weighted by molar-refractivity contribution is 7.21. The number of rotatable bonds is 7. The molecule has 0 spiro atoms. The predicted molar refractivity (Wildman–Crippen MR) is 148 cm³/mol. The second kappa shape index (κ2) is 10.3. The lowest BCUT2D eigenvalue weighted by molar-refractivity contribution is -0.0601. The van der Waals surface area contributed by atoms with E-state index in [1.54, 1.807) is 20.0 Å². The van der Waals surface area contributed by atoms with E-state index in [-0.39, 0.29) is 0 Å². The topological polar surface area (TPSA) is 157 Å². The molecule has 0 amide bonds. The van der Waals surface area contributed by atoms with Gasteiger partial charge >= 0.3 is 0 Å². The Hall–Kier alpha value is -2.44. The summed E-state index contributed by atoms with van der Waals surface area (Å²) in [5, 5.41) is 50.4. The van der Waals surface area contributed by atoms with E-state index in [9.17, 15) is 20.4 Å². The summed E-state index contributed by atoms with van der Waals surface area (Å²) in [7, 11) is 0. The summed E-state index contributed by atoms with van der Waals surface area (Å²) in [6.07, 6.45) is 4.58. The zero-order chi connectivity index (χ0) is 27.2. The number of pyridine rings is 1. The van der Waals surface area contributed by atoms with E-state index < -0.39 is 35.4 Å². The zero-order valence-electron chi connectivity index (χ0n) is 22.4. The van der Waals surface area contributed by atoms with Crippen molar-refractivity contribution >= 4 is 33.3 Å². The molecule has 0 bridgehead atoms. The summed E-state index contributed by atoms with van der Waals surface area (Å²) >= 11 is 1.51. The first kappa shape index (κ1) is 27.1. The lowest BCUT2D eigenvalue weighted by Gasteiger charge is -2.32. The summed E-state index contributed by atoms with van der Waals surface area (Å²) < 4.78 is 0.998. The summed E-state index contributed by atoms with van der Waals surface area (Å²) in [4.78, 5) is 18.7. The molecule has 2 aliphatic carbocycles. The van der Waals surface area contributed by atoms with Gasteiger partial charge in [-0.25, -0.2) is 9.97 Å². The van der Waals surface area contributed by atoms with Crippen LogP contribution in [-0.4, -0.2) is 76.4 Å². The third-order valence-electron chi connectivity index (χ3n) is 8.07. The van der Waals surface area contributed by atoms with E-state index in [0.717, 1.165) is 53.0 Å². The van der Waals surface area contributed by atoms with Crippen molar-refractivity contribution in [2.75, 3.05) is 17.2 Å². The lowest BCUT2D eigenvalue weighted by atomic mass is 9.85. The monoisotopic (exact) mass is 542 g/mol. The summed E-state index contributed by atoms with van der Waals surface area (Å²) in [6, 6.07) is 1.39. The van der Waals surface area contributed by atoms with Gasteiger partial charge < -0.3 is 31.1 Å². The molecule has 3 heterocycles. The molecule has 2 saturated carbocycles. The number of hydrogen-bond acceptors (Lipinski definition) is 11. The van der Waals surface area contributed by atoms with E-state index in [1.807, 2.05) is 19.9 Å². The fourth-order valence-corrected chi connectivity index (χ4v) is 6.90. The molecule has 3 aromatic rings. The van der Waals surface area contributed by atoms with Crippen LogP contribution in [0.4, 0.5) is 11.8 Å². The number of hydrogen-bond donors (Lipinski definition) is 6. The predicted octanol–water partition coefficient (Wildman–Crippen LogP) is 3.17. The van der Waals surface area contributed by atoms with E-state index in [0.29, 0.717) is 36.0 Å². The molecule has 38 heavy (non-hydrogen) atoms. The average Bonchev–Trinajstić information content (AvgIpc) is 3.40. The number of nitrogens with zero attached hydrogens (tertiary/aromatic N) is 4. The summed E-state index contributed by atoms with van der Waals surface area (Å²) in [6.45, 7) is 7.45. The number of nitrogens with one attached hydrogen (secondary N) is 2. The molecule has 0 unspecified atom stereocenters. The van der Waals surface area contributed by atoms with Gasteiger partial charge in [0.1, 0.15) is 22.4 Å². The Morgan fingerprint density at radius 3 is 2.45 bits per heavy atom. The Kier molecular flexibility index (Phi) is 7.34. The fraction of sp³-hybridized carbons (Fsp3) is 0.630. The molecule has 0 saturated heterocycles. The van der Waals surface area contributed by atoms with Gasteiger partial charge in [-0.2, -0.15) is 4.98 Å². The van der Waals surface area contributed by atoms with Crippen LogP contribution in [0.1, 0.15) is 63.8 Å². The summed E-state index contributed by atoms with van der Waals surface area (Å²) in [5.74, 6) is 0.349. The Morgan fingerprint density at radius 2 is 1.79 bits per heavy atom. The maximum atomic E-state index is 11.0. The van der Waals surface area contributed by atoms with Gasteiger partial charge in [-0.05, 0) is 53.0 Å². The smallest absolute Gasteiger partial charge is 0.225 e. The first-order valence-corrected chi connectivity index (χ1v) is 14.2. The van der Waals surface area contributed by atoms with Crippen LogP contribution in [0.15, 0.2) is 12.3 Å². The van der Waals surface area contributed by atoms with Gasteiger partial charge in [0.05, 0.1) is 45.0 Å². The Labute approximate surface area is 226 Å². The molecule has 2 aliphatic rings. The van der Waals surface area contributed by atoms with Crippen LogP contribution in [0.5, 0.6) is 0 Å².